The summed E-state index contributed by atoms with van der Waals surface area (Å²) in [4.78, 5) is 25.8. The van der Waals surface area contributed by atoms with Crippen molar-refractivity contribution in [3.63, 3.8) is 0 Å². The van der Waals surface area contributed by atoms with Crippen LogP contribution in [0.15, 0.2) is 83.8 Å². The van der Waals surface area contributed by atoms with Crippen molar-refractivity contribution in [1.82, 2.24) is 0 Å². The number of carbonyl (C=O) groups is 2. The maximum Gasteiger partial charge on any atom is 0.236 e. The van der Waals surface area contributed by atoms with E-state index < -0.39 is 5.92 Å². The Morgan fingerprint density at radius 1 is 0.926 bits per heavy atom. The van der Waals surface area contributed by atoms with E-state index in [1.807, 2.05) is 78.9 Å². The molecule has 0 saturated heterocycles. The number of amides is 2. The lowest BCUT2D eigenvalue weighted by Gasteiger charge is -2.20. The fourth-order valence-electron chi connectivity index (χ4n) is 3.16. The monoisotopic (exact) mass is 374 g/mol. The maximum absolute atomic E-state index is 13.1. The lowest BCUT2D eigenvalue weighted by atomic mass is 9.90. The SMILES string of the molecule is O=C1CSc2ccc(NC(=O)C(c3ccccc3)c3ccccc3)cc2N1. The van der Waals surface area contributed by atoms with Crippen LogP contribution in [0.5, 0.6) is 0 Å². The molecule has 3 aromatic carbocycles. The van der Waals surface area contributed by atoms with Crippen LogP contribution in [0.4, 0.5) is 11.4 Å². The summed E-state index contributed by atoms with van der Waals surface area (Å²) >= 11 is 1.50. The molecule has 4 nitrogen and oxygen atoms in total. The fourth-order valence-corrected chi connectivity index (χ4v) is 3.95. The summed E-state index contributed by atoms with van der Waals surface area (Å²) in [5.41, 5.74) is 3.27. The second-order valence-corrected chi connectivity index (χ2v) is 7.31. The first-order valence-electron chi connectivity index (χ1n) is 8.68. The van der Waals surface area contributed by atoms with E-state index in [4.69, 9.17) is 0 Å². The third-order valence-electron chi connectivity index (χ3n) is 4.41. The summed E-state index contributed by atoms with van der Waals surface area (Å²) in [6.07, 6.45) is 0. The largest absolute Gasteiger partial charge is 0.325 e. The van der Waals surface area contributed by atoms with Gasteiger partial charge in [-0.25, -0.2) is 0 Å². The first kappa shape index (κ1) is 17.4. The van der Waals surface area contributed by atoms with Gasteiger partial charge in [0.25, 0.3) is 0 Å². The highest BCUT2D eigenvalue weighted by molar-refractivity contribution is 8.00. The minimum atomic E-state index is -0.410. The predicted molar refractivity (Wildman–Crippen MR) is 109 cm³/mol. The lowest BCUT2D eigenvalue weighted by Crippen LogP contribution is -2.23. The zero-order valence-electron chi connectivity index (χ0n) is 14.5. The molecule has 3 aromatic rings. The van der Waals surface area contributed by atoms with Crippen molar-refractivity contribution >= 4 is 35.0 Å². The normalized spacial score (nSPS) is 13.0. The second kappa shape index (κ2) is 7.68. The summed E-state index contributed by atoms with van der Waals surface area (Å²) in [5.74, 6) is -0.125. The quantitative estimate of drug-likeness (QED) is 0.707. The topological polar surface area (TPSA) is 58.2 Å². The highest BCUT2D eigenvalue weighted by Crippen LogP contribution is 2.34. The van der Waals surface area contributed by atoms with Gasteiger partial charge in [0, 0.05) is 10.6 Å². The zero-order chi connectivity index (χ0) is 18.6. The molecule has 2 N–H and O–H groups in total. The summed E-state index contributed by atoms with van der Waals surface area (Å²) < 4.78 is 0. The second-order valence-electron chi connectivity index (χ2n) is 6.29. The van der Waals surface area contributed by atoms with Crippen molar-refractivity contribution in [1.29, 1.82) is 0 Å². The Morgan fingerprint density at radius 2 is 1.56 bits per heavy atom. The number of hydrogen-bond acceptors (Lipinski definition) is 3. The maximum atomic E-state index is 13.1. The number of nitrogens with one attached hydrogen (secondary N) is 2. The summed E-state index contributed by atoms with van der Waals surface area (Å²) in [7, 11) is 0. The molecule has 0 atom stereocenters. The molecule has 1 aliphatic heterocycles. The Kier molecular flexibility index (Phi) is 4.94. The average Bonchev–Trinajstić information content (AvgIpc) is 2.69. The van der Waals surface area contributed by atoms with Crippen molar-refractivity contribution in [2.75, 3.05) is 16.4 Å². The average molecular weight is 374 g/mol. The smallest absolute Gasteiger partial charge is 0.236 e. The Balaban J connectivity index is 1.63. The number of rotatable bonds is 4. The molecule has 134 valence electrons. The number of hydrogen-bond donors (Lipinski definition) is 2. The van der Waals surface area contributed by atoms with Gasteiger partial charge < -0.3 is 10.6 Å². The van der Waals surface area contributed by atoms with E-state index in [1.54, 1.807) is 0 Å². The number of thioether (sulfide) groups is 1. The fraction of sp³-hybridized carbons (Fsp3) is 0.0909. The van der Waals surface area contributed by atoms with Gasteiger partial charge in [-0.1, -0.05) is 60.7 Å². The lowest BCUT2D eigenvalue weighted by molar-refractivity contribution is -0.117. The molecule has 1 aliphatic rings. The molecule has 0 unspecified atom stereocenters. The van der Waals surface area contributed by atoms with Crippen LogP contribution in [0, 0.1) is 0 Å². The van der Waals surface area contributed by atoms with Crippen LogP contribution >= 0.6 is 11.8 Å². The number of anilines is 2. The van der Waals surface area contributed by atoms with Crippen molar-refractivity contribution in [2.45, 2.75) is 10.8 Å². The first-order chi connectivity index (χ1) is 13.2. The molecule has 0 spiro atoms. The van der Waals surface area contributed by atoms with Gasteiger partial charge >= 0.3 is 0 Å². The number of fused-ring (bicyclic) bond motifs is 1. The van der Waals surface area contributed by atoms with E-state index in [0.29, 0.717) is 11.4 Å². The summed E-state index contributed by atoms with van der Waals surface area (Å²) in [5, 5.41) is 5.86. The van der Waals surface area contributed by atoms with E-state index in [2.05, 4.69) is 10.6 Å². The molecule has 1 heterocycles. The van der Waals surface area contributed by atoms with Gasteiger partial charge in [-0.05, 0) is 29.3 Å². The third kappa shape index (κ3) is 3.88. The van der Waals surface area contributed by atoms with Crippen molar-refractivity contribution in [3.8, 4) is 0 Å². The van der Waals surface area contributed by atoms with E-state index >= 15 is 0 Å². The minimum Gasteiger partial charge on any atom is -0.325 e. The van der Waals surface area contributed by atoms with Gasteiger partial charge in [-0.3, -0.25) is 9.59 Å². The van der Waals surface area contributed by atoms with Crippen LogP contribution in [-0.2, 0) is 9.59 Å². The number of benzene rings is 3. The molecule has 0 aromatic heterocycles. The van der Waals surface area contributed by atoms with Crippen molar-refractivity contribution in [2.24, 2.45) is 0 Å². The number of carbonyl (C=O) groups excluding carboxylic acids is 2. The molecule has 2 amide bonds. The van der Waals surface area contributed by atoms with Crippen LogP contribution in [0.2, 0.25) is 0 Å². The van der Waals surface area contributed by atoms with Crippen LogP contribution in [0.25, 0.3) is 0 Å². The van der Waals surface area contributed by atoms with Gasteiger partial charge in [0.1, 0.15) is 0 Å². The third-order valence-corrected chi connectivity index (χ3v) is 5.48. The van der Waals surface area contributed by atoms with Crippen LogP contribution in [-0.4, -0.2) is 17.6 Å². The molecule has 0 bridgehead atoms. The van der Waals surface area contributed by atoms with Gasteiger partial charge in [0.2, 0.25) is 11.8 Å². The first-order valence-corrected chi connectivity index (χ1v) is 9.67. The van der Waals surface area contributed by atoms with Crippen molar-refractivity contribution in [3.05, 3.63) is 90.0 Å². The molecule has 0 fully saturated rings. The molecular formula is C22H18N2O2S. The Bertz CT molecular complexity index is 935. The Hall–Kier alpha value is -3.05. The Labute approximate surface area is 162 Å². The molecule has 0 aliphatic carbocycles. The van der Waals surface area contributed by atoms with E-state index in [-0.39, 0.29) is 11.8 Å². The van der Waals surface area contributed by atoms with E-state index in [0.717, 1.165) is 21.7 Å². The predicted octanol–water partition coefficient (Wildman–Crippen LogP) is 4.50. The zero-order valence-corrected chi connectivity index (χ0v) is 15.3. The minimum absolute atomic E-state index is 0.0255. The van der Waals surface area contributed by atoms with E-state index in [9.17, 15) is 9.59 Å². The molecular weight excluding hydrogens is 356 g/mol. The highest BCUT2D eigenvalue weighted by Gasteiger charge is 2.23. The highest BCUT2D eigenvalue weighted by atomic mass is 32.2. The summed E-state index contributed by atoms with van der Waals surface area (Å²) in [6.45, 7) is 0. The van der Waals surface area contributed by atoms with Gasteiger partial charge in [-0.15, -0.1) is 11.8 Å². The molecule has 0 saturated carbocycles. The molecule has 27 heavy (non-hydrogen) atoms. The molecule has 0 radical (unpaired) electrons. The Morgan fingerprint density at radius 3 is 2.19 bits per heavy atom. The van der Waals surface area contributed by atoms with Crippen LogP contribution in [0.3, 0.4) is 0 Å². The van der Waals surface area contributed by atoms with Crippen LogP contribution < -0.4 is 10.6 Å². The van der Waals surface area contributed by atoms with E-state index in [1.165, 1.54) is 11.8 Å². The molecule has 5 heteroatoms. The van der Waals surface area contributed by atoms with Gasteiger partial charge in [-0.2, -0.15) is 0 Å². The summed E-state index contributed by atoms with van der Waals surface area (Å²) in [6, 6.07) is 25.1. The van der Waals surface area contributed by atoms with Gasteiger partial charge in [0.15, 0.2) is 0 Å². The molecule has 4 rings (SSSR count). The van der Waals surface area contributed by atoms with Gasteiger partial charge in [0.05, 0.1) is 17.4 Å². The standard InChI is InChI=1S/C22H18N2O2S/c25-20-14-27-19-12-11-17(13-18(19)24-20)23-22(26)21(15-7-3-1-4-8-15)16-9-5-2-6-10-16/h1-13,21H,14H2,(H,23,26)(H,24,25). The van der Waals surface area contributed by atoms with Crippen molar-refractivity contribution < 1.29 is 9.59 Å². The van der Waals surface area contributed by atoms with Crippen LogP contribution in [0.1, 0.15) is 17.0 Å².